The van der Waals surface area contributed by atoms with Gasteiger partial charge in [0.25, 0.3) is 0 Å². The van der Waals surface area contributed by atoms with Crippen LogP contribution in [-0.4, -0.2) is 5.71 Å². The van der Waals surface area contributed by atoms with Gasteiger partial charge in [0.2, 0.25) is 5.95 Å². The van der Waals surface area contributed by atoms with Crippen LogP contribution in [0.4, 0.5) is 4.39 Å². The zero-order chi connectivity index (χ0) is 10.2. The van der Waals surface area contributed by atoms with Crippen LogP contribution >= 0.6 is 0 Å². The van der Waals surface area contributed by atoms with Crippen molar-refractivity contribution in [2.45, 2.75) is 13.8 Å². The SMILES string of the molecule is CC1(C)C=C(F)N=C1c1ccccc1. The fourth-order valence-electron chi connectivity index (χ4n) is 1.68. The Morgan fingerprint density at radius 3 is 2.29 bits per heavy atom. The van der Waals surface area contributed by atoms with E-state index in [1.165, 1.54) is 0 Å². The Morgan fingerprint density at radius 1 is 1.14 bits per heavy atom. The van der Waals surface area contributed by atoms with E-state index >= 15 is 0 Å². The second-order valence-electron chi connectivity index (χ2n) is 4.02. The molecule has 0 aliphatic carbocycles. The number of halogens is 1. The van der Waals surface area contributed by atoms with Gasteiger partial charge in [-0.1, -0.05) is 44.2 Å². The van der Waals surface area contributed by atoms with Gasteiger partial charge in [0, 0.05) is 5.41 Å². The first-order valence-corrected chi connectivity index (χ1v) is 4.62. The number of hydrogen-bond acceptors (Lipinski definition) is 1. The lowest BCUT2D eigenvalue weighted by molar-refractivity contribution is 0.612. The van der Waals surface area contributed by atoms with Crippen molar-refractivity contribution in [2.75, 3.05) is 0 Å². The van der Waals surface area contributed by atoms with Crippen LogP contribution in [0.3, 0.4) is 0 Å². The van der Waals surface area contributed by atoms with E-state index in [0.29, 0.717) is 0 Å². The molecular weight excluding hydrogens is 177 g/mol. The van der Waals surface area contributed by atoms with E-state index in [0.717, 1.165) is 11.3 Å². The largest absolute Gasteiger partial charge is 0.224 e. The molecule has 1 heterocycles. The third-order valence-corrected chi connectivity index (χ3v) is 2.36. The zero-order valence-corrected chi connectivity index (χ0v) is 8.29. The second kappa shape index (κ2) is 3.05. The Hall–Kier alpha value is -1.44. The summed E-state index contributed by atoms with van der Waals surface area (Å²) in [5.41, 5.74) is 1.49. The molecule has 2 rings (SSSR count). The molecular formula is C12H12FN. The Balaban J connectivity index is 2.44. The molecule has 0 radical (unpaired) electrons. The minimum Gasteiger partial charge on any atom is -0.224 e. The molecule has 0 unspecified atom stereocenters. The first-order chi connectivity index (χ1) is 6.59. The van der Waals surface area contributed by atoms with Gasteiger partial charge < -0.3 is 0 Å². The molecule has 0 aromatic heterocycles. The maximum atomic E-state index is 13.0. The van der Waals surface area contributed by atoms with Crippen molar-refractivity contribution in [3.8, 4) is 0 Å². The molecule has 1 aliphatic heterocycles. The van der Waals surface area contributed by atoms with Crippen LogP contribution in [0.25, 0.3) is 0 Å². The van der Waals surface area contributed by atoms with Crippen molar-refractivity contribution in [2.24, 2.45) is 10.4 Å². The van der Waals surface area contributed by atoms with E-state index in [2.05, 4.69) is 4.99 Å². The maximum Gasteiger partial charge on any atom is 0.210 e. The smallest absolute Gasteiger partial charge is 0.210 e. The van der Waals surface area contributed by atoms with Crippen molar-refractivity contribution >= 4 is 5.71 Å². The Kier molecular flexibility index (Phi) is 1.99. The molecule has 0 saturated heterocycles. The normalized spacial score (nSPS) is 19.1. The third kappa shape index (κ3) is 1.48. The topological polar surface area (TPSA) is 12.4 Å². The number of nitrogens with zero attached hydrogens (tertiary/aromatic N) is 1. The molecule has 0 bridgehead atoms. The van der Waals surface area contributed by atoms with Crippen LogP contribution in [-0.2, 0) is 0 Å². The third-order valence-electron chi connectivity index (χ3n) is 2.36. The van der Waals surface area contributed by atoms with E-state index in [4.69, 9.17) is 0 Å². The molecule has 0 saturated carbocycles. The van der Waals surface area contributed by atoms with Crippen LogP contribution in [0.1, 0.15) is 19.4 Å². The molecule has 0 fully saturated rings. The Morgan fingerprint density at radius 2 is 1.79 bits per heavy atom. The Labute approximate surface area is 83.0 Å². The summed E-state index contributed by atoms with van der Waals surface area (Å²) in [6.45, 7) is 3.93. The highest BCUT2D eigenvalue weighted by molar-refractivity contribution is 6.07. The summed E-state index contributed by atoms with van der Waals surface area (Å²) < 4.78 is 13.0. The van der Waals surface area contributed by atoms with Gasteiger partial charge in [-0.05, 0) is 11.6 Å². The lowest BCUT2D eigenvalue weighted by Gasteiger charge is -2.17. The number of benzene rings is 1. The second-order valence-corrected chi connectivity index (χ2v) is 4.02. The maximum absolute atomic E-state index is 13.0. The quantitative estimate of drug-likeness (QED) is 0.601. The zero-order valence-electron chi connectivity index (χ0n) is 8.29. The molecule has 1 nitrogen and oxygen atoms in total. The van der Waals surface area contributed by atoms with Crippen LogP contribution in [0, 0.1) is 5.41 Å². The molecule has 0 spiro atoms. The summed E-state index contributed by atoms with van der Waals surface area (Å²) in [5.74, 6) is -0.381. The van der Waals surface area contributed by atoms with E-state index < -0.39 is 0 Å². The fourth-order valence-corrected chi connectivity index (χ4v) is 1.68. The lowest BCUT2D eigenvalue weighted by Crippen LogP contribution is -2.19. The first kappa shape index (κ1) is 9.13. The van der Waals surface area contributed by atoms with Gasteiger partial charge in [0.1, 0.15) is 0 Å². The van der Waals surface area contributed by atoms with Gasteiger partial charge in [-0.15, -0.1) is 0 Å². The van der Waals surface area contributed by atoms with E-state index in [1.807, 2.05) is 44.2 Å². The van der Waals surface area contributed by atoms with Crippen LogP contribution in [0.2, 0.25) is 0 Å². The van der Waals surface area contributed by atoms with Gasteiger partial charge in [0.05, 0.1) is 5.71 Å². The summed E-state index contributed by atoms with van der Waals surface area (Å²) >= 11 is 0. The molecule has 2 heteroatoms. The monoisotopic (exact) mass is 189 g/mol. The van der Waals surface area contributed by atoms with E-state index in [9.17, 15) is 4.39 Å². The van der Waals surface area contributed by atoms with E-state index in [-0.39, 0.29) is 11.4 Å². The number of allylic oxidation sites excluding steroid dienone is 1. The summed E-state index contributed by atoms with van der Waals surface area (Å²) in [6.07, 6.45) is 1.55. The highest BCUT2D eigenvalue weighted by Gasteiger charge is 2.29. The minimum atomic E-state index is -0.381. The molecule has 0 N–H and O–H groups in total. The number of aliphatic imine (C=N–C) groups is 1. The van der Waals surface area contributed by atoms with Crippen LogP contribution in [0.5, 0.6) is 0 Å². The van der Waals surface area contributed by atoms with Crippen molar-refractivity contribution in [1.29, 1.82) is 0 Å². The highest BCUT2D eigenvalue weighted by atomic mass is 19.1. The van der Waals surface area contributed by atoms with Crippen molar-refractivity contribution in [3.05, 3.63) is 47.9 Å². The summed E-state index contributed by atoms with van der Waals surface area (Å²) in [6, 6.07) is 9.71. The highest BCUT2D eigenvalue weighted by Crippen LogP contribution is 2.32. The van der Waals surface area contributed by atoms with Crippen molar-refractivity contribution < 1.29 is 4.39 Å². The summed E-state index contributed by atoms with van der Waals surface area (Å²) in [7, 11) is 0. The molecule has 0 atom stereocenters. The van der Waals surface area contributed by atoms with Crippen molar-refractivity contribution in [1.82, 2.24) is 0 Å². The predicted octanol–water partition coefficient (Wildman–Crippen LogP) is 3.33. The molecule has 1 aromatic rings. The van der Waals surface area contributed by atoms with E-state index in [1.54, 1.807) is 6.08 Å². The molecule has 1 aliphatic rings. The Bertz CT molecular complexity index is 402. The van der Waals surface area contributed by atoms with Crippen LogP contribution in [0.15, 0.2) is 47.4 Å². The minimum absolute atomic E-state index is 0.300. The van der Waals surface area contributed by atoms with Gasteiger partial charge in [0.15, 0.2) is 0 Å². The number of hydrogen-bond donors (Lipinski definition) is 0. The standard InChI is InChI=1S/C12H12FN/c1-12(2)8-10(13)14-11(12)9-6-4-3-5-7-9/h3-8H,1-2H3. The molecule has 72 valence electrons. The molecule has 14 heavy (non-hydrogen) atoms. The van der Waals surface area contributed by atoms with Crippen molar-refractivity contribution in [3.63, 3.8) is 0 Å². The van der Waals surface area contributed by atoms with Crippen LogP contribution < -0.4 is 0 Å². The predicted molar refractivity (Wildman–Crippen MR) is 56.0 cm³/mol. The van der Waals surface area contributed by atoms with Gasteiger partial charge in [-0.25, -0.2) is 4.99 Å². The van der Waals surface area contributed by atoms with Gasteiger partial charge in [-0.2, -0.15) is 4.39 Å². The first-order valence-electron chi connectivity index (χ1n) is 4.62. The molecule has 0 amide bonds. The lowest BCUT2D eigenvalue weighted by atomic mass is 9.85. The van der Waals surface area contributed by atoms with Gasteiger partial charge in [-0.3, -0.25) is 0 Å². The fraction of sp³-hybridized carbons (Fsp3) is 0.250. The molecule has 1 aromatic carbocycles. The number of rotatable bonds is 1. The summed E-state index contributed by atoms with van der Waals surface area (Å²) in [4.78, 5) is 3.92. The average Bonchev–Trinajstić information content (AvgIpc) is 2.41. The van der Waals surface area contributed by atoms with Gasteiger partial charge >= 0.3 is 0 Å². The summed E-state index contributed by atoms with van der Waals surface area (Å²) in [5, 5.41) is 0. The average molecular weight is 189 g/mol.